The fourth-order valence-electron chi connectivity index (χ4n) is 4.60. The number of hydrogen-bond donors (Lipinski definition) is 3. The molecule has 186 valence electrons. The molecule has 3 N–H and O–H groups in total. The van der Waals surface area contributed by atoms with Gasteiger partial charge in [0.25, 0.3) is 5.56 Å². The average Bonchev–Trinajstić information content (AvgIpc) is 3.59. The van der Waals surface area contributed by atoms with Crippen LogP contribution in [0.25, 0.3) is 22.4 Å². The number of nitrogens with one attached hydrogen (secondary N) is 3. The number of fused-ring (bicyclic) bond motifs is 2. The van der Waals surface area contributed by atoms with Crippen LogP contribution in [0.5, 0.6) is 0 Å². The van der Waals surface area contributed by atoms with Crippen LogP contribution in [-0.4, -0.2) is 30.4 Å². The topological polar surface area (TPSA) is 131 Å². The molecule has 0 radical (unpaired) electrons. The fourth-order valence-corrected chi connectivity index (χ4v) is 4.60. The predicted octanol–water partition coefficient (Wildman–Crippen LogP) is 3.75. The summed E-state index contributed by atoms with van der Waals surface area (Å²) in [5, 5.41) is 7.16. The monoisotopic (exact) mass is 495 g/mol. The molecule has 5 heterocycles. The molecule has 0 spiro atoms. The molecule has 0 bridgehead atoms. The Morgan fingerprint density at radius 1 is 1.27 bits per heavy atom. The van der Waals surface area contributed by atoms with Gasteiger partial charge in [-0.25, -0.2) is 9.97 Å². The summed E-state index contributed by atoms with van der Waals surface area (Å²) in [6.07, 6.45) is 7.89. The van der Waals surface area contributed by atoms with E-state index in [0.29, 0.717) is 30.2 Å². The maximum Gasteiger partial charge on any atom is 0.277 e. The lowest BCUT2D eigenvalue weighted by atomic mass is 10.0. The van der Waals surface area contributed by atoms with E-state index in [1.54, 1.807) is 25.6 Å². The Labute approximate surface area is 211 Å². The van der Waals surface area contributed by atoms with Crippen molar-refractivity contribution in [2.24, 2.45) is 0 Å². The van der Waals surface area contributed by atoms with E-state index in [2.05, 4.69) is 30.6 Å². The summed E-state index contributed by atoms with van der Waals surface area (Å²) in [6.45, 7) is 1.99. The van der Waals surface area contributed by atoms with Gasteiger partial charge in [0.2, 0.25) is 11.8 Å². The van der Waals surface area contributed by atoms with Crippen LogP contribution in [0.2, 0.25) is 0 Å². The van der Waals surface area contributed by atoms with E-state index >= 15 is 0 Å². The van der Waals surface area contributed by atoms with Gasteiger partial charge in [-0.2, -0.15) is 0 Å². The van der Waals surface area contributed by atoms with Gasteiger partial charge < -0.3 is 20.0 Å². The summed E-state index contributed by atoms with van der Waals surface area (Å²) in [4.78, 5) is 42.8. The first-order valence-electron chi connectivity index (χ1n) is 12.1. The van der Waals surface area contributed by atoms with Crippen LogP contribution in [0, 0.1) is 0 Å². The Bertz CT molecular complexity index is 1600. The number of nitrogens with zero attached hydrogens (tertiary/aromatic N) is 4. The van der Waals surface area contributed by atoms with Crippen molar-refractivity contribution in [2.45, 2.75) is 38.4 Å². The Kier molecular flexibility index (Phi) is 5.76. The van der Waals surface area contributed by atoms with Gasteiger partial charge in [0.05, 0.1) is 24.6 Å². The number of H-pyrrole nitrogens is 1. The van der Waals surface area contributed by atoms with Crippen molar-refractivity contribution in [3.63, 3.8) is 0 Å². The van der Waals surface area contributed by atoms with Crippen LogP contribution >= 0.6 is 0 Å². The number of rotatable bonds is 6. The Balaban J connectivity index is 1.17. The van der Waals surface area contributed by atoms with Gasteiger partial charge in [0, 0.05) is 34.6 Å². The molecule has 1 aliphatic rings. The Hall–Kier alpha value is -4.73. The first-order chi connectivity index (χ1) is 18.1. The van der Waals surface area contributed by atoms with E-state index in [9.17, 15) is 9.59 Å². The lowest BCUT2D eigenvalue weighted by molar-refractivity contribution is -0.124. The number of hydrogen-bond acceptors (Lipinski definition) is 7. The molecule has 4 aromatic heterocycles. The lowest BCUT2D eigenvalue weighted by Gasteiger charge is -2.25. The molecule has 1 aromatic carbocycles. The van der Waals surface area contributed by atoms with Gasteiger partial charge in [-0.15, -0.1) is 0 Å². The smallest absolute Gasteiger partial charge is 0.277 e. The van der Waals surface area contributed by atoms with E-state index < -0.39 is 6.04 Å². The zero-order chi connectivity index (χ0) is 25.4. The molecular weight excluding hydrogens is 470 g/mol. The number of aromatic amines is 1. The van der Waals surface area contributed by atoms with E-state index in [4.69, 9.17) is 4.42 Å². The van der Waals surface area contributed by atoms with Crippen molar-refractivity contribution in [3.8, 4) is 11.5 Å². The number of aryl methyl sites for hydroxylation is 1. The third-order valence-corrected chi connectivity index (χ3v) is 6.69. The number of amides is 1. The zero-order valence-corrected chi connectivity index (χ0v) is 20.1. The largest absolute Gasteiger partial charge is 0.444 e. The van der Waals surface area contributed by atoms with Crippen LogP contribution in [0.4, 0.5) is 5.69 Å². The molecule has 37 heavy (non-hydrogen) atoms. The number of anilines is 1. The molecule has 0 aliphatic carbocycles. The SMILES string of the molecule is CC(C(=O)NCc1cc2cnccc2[nH]1)n1cnc2c(c1=O)NC(c1coc(-c3ccccc3)n1)CC2. The maximum atomic E-state index is 13.4. The number of aromatic nitrogens is 5. The standard InChI is InChI=1S/C27H25N7O3/c1-16(25(35)29-13-19-11-18-12-28-10-9-20(18)31-19)34-15-30-22-8-7-21(32-24(22)27(34)36)23-14-37-26(33-23)17-5-3-2-4-6-17/h2-6,9-12,14-16,21,31-32H,7-8,13H2,1H3,(H,29,35). The molecule has 10 heteroatoms. The number of benzene rings is 1. The van der Waals surface area contributed by atoms with Crippen molar-refractivity contribution in [2.75, 3.05) is 5.32 Å². The van der Waals surface area contributed by atoms with Crippen LogP contribution in [0.3, 0.4) is 0 Å². The Morgan fingerprint density at radius 2 is 2.14 bits per heavy atom. The molecule has 1 aliphatic heterocycles. The van der Waals surface area contributed by atoms with Crippen LogP contribution in [0.15, 0.2) is 76.7 Å². The second-order valence-corrected chi connectivity index (χ2v) is 9.11. The van der Waals surface area contributed by atoms with Gasteiger partial charge in [0.1, 0.15) is 23.7 Å². The van der Waals surface area contributed by atoms with Crippen LogP contribution in [0.1, 0.15) is 42.5 Å². The van der Waals surface area contributed by atoms with Crippen molar-refractivity contribution < 1.29 is 9.21 Å². The van der Waals surface area contributed by atoms with Gasteiger partial charge in [0.15, 0.2) is 0 Å². The highest BCUT2D eigenvalue weighted by Crippen LogP contribution is 2.31. The quantitative estimate of drug-likeness (QED) is 0.327. The summed E-state index contributed by atoms with van der Waals surface area (Å²) in [5.74, 6) is 0.250. The van der Waals surface area contributed by atoms with Gasteiger partial charge >= 0.3 is 0 Å². The summed E-state index contributed by atoms with van der Waals surface area (Å²) in [6, 6.07) is 12.5. The normalized spacial score (nSPS) is 15.6. The van der Waals surface area contributed by atoms with E-state index in [1.165, 1.54) is 10.9 Å². The van der Waals surface area contributed by atoms with Crippen molar-refractivity contribution in [1.29, 1.82) is 0 Å². The summed E-state index contributed by atoms with van der Waals surface area (Å²) < 4.78 is 7.05. The molecule has 0 saturated carbocycles. The average molecular weight is 496 g/mol. The van der Waals surface area contributed by atoms with Crippen LogP contribution < -0.4 is 16.2 Å². The first kappa shape index (κ1) is 22.7. The first-order valence-corrected chi connectivity index (χ1v) is 12.1. The molecule has 1 amide bonds. The van der Waals surface area contributed by atoms with Crippen LogP contribution in [-0.2, 0) is 17.8 Å². The van der Waals surface area contributed by atoms with E-state index in [1.807, 2.05) is 42.5 Å². The predicted molar refractivity (Wildman–Crippen MR) is 138 cm³/mol. The summed E-state index contributed by atoms with van der Waals surface area (Å²) in [7, 11) is 0. The molecule has 0 saturated heterocycles. The van der Waals surface area contributed by atoms with E-state index in [-0.39, 0.29) is 17.5 Å². The number of carbonyl (C=O) groups is 1. The molecule has 2 unspecified atom stereocenters. The molecule has 2 atom stereocenters. The number of oxazole rings is 1. The van der Waals surface area contributed by atoms with Gasteiger partial charge in [-0.05, 0) is 44.0 Å². The minimum Gasteiger partial charge on any atom is -0.444 e. The maximum absolute atomic E-state index is 13.4. The molecule has 6 rings (SSSR count). The minimum absolute atomic E-state index is 0.195. The second kappa shape index (κ2) is 9.38. The summed E-state index contributed by atoms with van der Waals surface area (Å²) >= 11 is 0. The molecule has 10 nitrogen and oxygen atoms in total. The third-order valence-electron chi connectivity index (χ3n) is 6.69. The number of carbonyl (C=O) groups excluding carboxylic acids is 1. The van der Waals surface area contributed by atoms with Crippen molar-refractivity contribution in [3.05, 3.63) is 94.9 Å². The van der Waals surface area contributed by atoms with E-state index in [0.717, 1.165) is 34.3 Å². The fraction of sp³-hybridized carbons (Fsp3) is 0.222. The van der Waals surface area contributed by atoms with Crippen molar-refractivity contribution in [1.82, 2.24) is 29.8 Å². The highest BCUT2D eigenvalue weighted by Gasteiger charge is 2.27. The van der Waals surface area contributed by atoms with Gasteiger partial charge in [-0.1, -0.05) is 18.2 Å². The summed E-state index contributed by atoms with van der Waals surface area (Å²) in [5.41, 5.74) is 4.20. The zero-order valence-electron chi connectivity index (χ0n) is 20.1. The highest BCUT2D eigenvalue weighted by molar-refractivity contribution is 5.81. The minimum atomic E-state index is -0.741. The molecular formula is C27H25N7O3. The number of pyridine rings is 1. The highest BCUT2D eigenvalue weighted by atomic mass is 16.3. The van der Waals surface area contributed by atoms with Crippen molar-refractivity contribution >= 4 is 22.5 Å². The van der Waals surface area contributed by atoms with Gasteiger partial charge in [-0.3, -0.25) is 19.1 Å². The molecule has 5 aromatic rings. The Morgan fingerprint density at radius 3 is 2.97 bits per heavy atom. The molecule has 0 fully saturated rings. The third kappa shape index (κ3) is 4.37. The lowest BCUT2D eigenvalue weighted by Crippen LogP contribution is -2.38. The second-order valence-electron chi connectivity index (χ2n) is 9.11.